The fraction of sp³-hybridized carbons (Fsp3) is 0.364. The lowest BCUT2D eigenvalue weighted by atomic mass is 10.3. The van der Waals surface area contributed by atoms with E-state index in [-0.39, 0.29) is 5.91 Å². The summed E-state index contributed by atoms with van der Waals surface area (Å²) in [6.07, 6.45) is 0. The molecule has 2 aromatic carbocycles. The number of methoxy groups -OCH3 is 1. The molecule has 0 unspecified atom stereocenters. The fourth-order valence-electron chi connectivity index (χ4n) is 3.72. The molecule has 1 saturated heterocycles. The van der Waals surface area contributed by atoms with Crippen molar-refractivity contribution >= 4 is 22.6 Å². The Labute approximate surface area is 170 Å². The molecule has 0 atom stereocenters. The lowest BCUT2D eigenvalue weighted by Crippen LogP contribution is -2.48. The maximum absolute atomic E-state index is 12.3. The minimum absolute atomic E-state index is 0.0129. The van der Waals surface area contributed by atoms with E-state index in [9.17, 15) is 4.79 Å². The first kappa shape index (κ1) is 19.4. The van der Waals surface area contributed by atoms with Crippen molar-refractivity contribution in [1.82, 2.24) is 19.4 Å². The van der Waals surface area contributed by atoms with Crippen LogP contribution in [0.3, 0.4) is 0 Å². The molecule has 1 aliphatic rings. The van der Waals surface area contributed by atoms with Gasteiger partial charge in [-0.15, -0.1) is 0 Å². The van der Waals surface area contributed by atoms with Crippen molar-refractivity contribution in [2.45, 2.75) is 6.54 Å². The van der Waals surface area contributed by atoms with Crippen LogP contribution in [0.25, 0.3) is 11.0 Å². The van der Waals surface area contributed by atoms with Crippen molar-refractivity contribution in [1.29, 1.82) is 0 Å². The van der Waals surface area contributed by atoms with Crippen molar-refractivity contribution in [3.63, 3.8) is 0 Å². The molecule has 1 N–H and O–H groups in total. The number of carbonyl (C=O) groups excluding carboxylic acids is 1. The third-order valence-electron chi connectivity index (χ3n) is 5.45. The van der Waals surface area contributed by atoms with Crippen LogP contribution in [0.4, 0.5) is 5.69 Å². The molecule has 0 radical (unpaired) electrons. The summed E-state index contributed by atoms with van der Waals surface area (Å²) in [4.78, 5) is 21.7. The Morgan fingerprint density at radius 1 is 1.03 bits per heavy atom. The number of nitrogens with one attached hydrogen (secondary N) is 1. The summed E-state index contributed by atoms with van der Waals surface area (Å²) in [5.41, 5.74) is 2.99. The number of fused-ring (bicyclic) bond motifs is 1. The van der Waals surface area contributed by atoms with Crippen LogP contribution < -0.4 is 10.1 Å². The fourth-order valence-corrected chi connectivity index (χ4v) is 3.72. The number of hydrogen-bond donors (Lipinski definition) is 1. The number of aromatic nitrogens is 2. The number of piperazine rings is 1. The van der Waals surface area contributed by atoms with Gasteiger partial charge in [0, 0.05) is 38.9 Å². The highest BCUT2D eigenvalue weighted by Crippen LogP contribution is 2.17. The van der Waals surface area contributed by atoms with Gasteiger partial charge < -0.3 is 14.6 Å². The van der Waals surface area contributed by atoms with E-state index < -0.39 is 0 Å². The summed E-state index contributed by atoms with van der Waals surface area (Å²) in [5, 5.41) is 2.95. The van der Waals surface area contributed by atoms with Gasteiger partial charge in [0.05, 0.1) is 31.2 Å². The zero-order valence-electron chi connectivity index (χ0n) is 17.0. The summed E-state index contributed by atoms with van der Waals surface area (Å²) in [6, 6.07) is 15.6. The van der Waals surface area contributed by atoms with E-state index in [0.29, 0.717) is 6.54 Å². The number of rotatable bonds is 6. The van der Waals surface area contributed by atoms with E-state index in [0.717, 1.165) is 61.0 Å². The lowest BCUT2D eigenvalue weighted by Gasteiger charge is -2.34. The Bertz CT molecular complexity index is 975. The Morgan fingerprint density at radius 2 is 1.72 bits per heavy atom. The largest absolute Gasteiger partial charge is 0.497 e. The van der Waals surface area contributed by atoms with Gasteiger partial charge in [0.15, 0.2) is 0 Å². The predicted molar refractivity (Wildman–Crippen MR) is 114 cm³/mol. The molecule has 0 saturated carbocycles. The van der Waals surface area contributed by atoms with Gasteiger partial charge in [0.25, 0.3) is 0 Å². The smallest absolute Gasteiger partial charge is 0.238 e. The highest BCUT2D eigenvalue weighted by molar-refractivity contribution is 5.92. The van der Waals surface area contributed by atoms with E-state index >= 15 is 0 Å². The normalized spacial score (nSPS) is 15.5. The minimum Gasteiger partial charge on any atom is -0.497 e. The lowest BCUT2D eigenvalue weighted by molar-refractivity contribution is -0.117. The number of hydrogen-bond acceptors (Lipinski definition) is 5. The van der Waals surface area contributed by atoms with Gasteiger partial charge in [0.1, 0.15) is 11.6 Å². The van der Waals surface area contributed by atoms with Crippen LogP contribution in [-0.2, 0) is 18.4 Å². The Balaban J connectivity index is 1.26. The first-order valence-corrected chi connectivity index (χ1v) is 9.91. The summed E-state index contributed by atoms with van der Waals surface area (Å²) >= 11 is 0. The molecular weight excluding hydrogens is 366 g/mol. The molecule has 4 rings (SSSR count). The molecule has 29 heavy (non-hydrogen) atoms. The van der Waals surface area contributed by atoms with Crippen molar-refractivity contribution < 1.29 is 9.53 Å². The van der Waals surface area contributed by atoms with E-state index in [2.05, 4.69) is 38.9 Å². The first-order valence-electron chi connectivity index (χ1n) is 9.91. The van der Waals surface area contributed by atoms with Gasteiger partial charge in [-0.3, -0.25) is 14.6 Å². The van der Waals surface area contributed by atoms with Crippen LogP contribution in [0, 0.1) is 0 Å². The summed E-state index contributed by atoms with van der Waals surface area (Å²) in [6.45, 7) is 4.85. The highest BCUT2D eigenvalue weighted by Gasteiger charge is 2.20. The molecule has 1 aromatic heterocycles. The average Bonchev–Trinajstić information content (AvgIpc) is 3.05. The third-order valence-corrected chi connectivity index (χ3v) is 5.45. The Hall–Kier alpha value is -2.90. The van der Waals surface area contributed by atoms with Gasteiger partial charge >= 0.3 is 0 Å². The van der Waals surface area contributed by atoms with Crippen LogP contribution in [0.15, 0.2) is 48.5 Å². The summed E-state index contributed by atoms with van der Waals surface area (Å²) in [7, 11) is 3.70. The van der Waals surface area contributed by atoms with Crippen molar-refractivity contribution in [2.24, 2.45) is 7.05 Å². The second-order valence-corrected chi connectivity index (χ2v) is 7.40. The molecule has 2 heterocycles. The number of anilines is 1. The number of nitrogens with zero attached hydrogens (tertiary/aromatic N) is 4. The highest BCUT2D eigenvalue weighted by atomic mass is 16.5. The summed E-state index contributed by atoms with van der Waals surface area (Å²) < 4.78 is 7.31. The topological polar surface area (TPSA) is 62.6 Å². The maximum Gasteiger partial charge on any atom is 0.238 e. The molecule has 1 fully saturated rings. The SMILES string of the molecule is COc1ccc(NC(=O)CN2CCN(Cc3nc4ccccc4n3C)CC2)cc1. The third kappa shape index (κ3) is 4.58. The van der Waals surface area contributed by atoms with Crippen molar-refractivity contribution in [2.75, 3.05) is 45.2 Å². The number of benzene rings is 2. The molecule has 152 valence electrons. The predicted octanol–water partition coefficient (Wildman–Crippen LogP) is 2.34. The molecule has 7 nitrogen and oxygen atoms in total. The van der Waals surface area contributed by atoms with Gasteiger partial charge in [-0.05, 0) is 36.4 Å². The van der Waals surface area contributed by atoms with E-state index in [1.54, 1.807) is 7.11 Å². The zero-order valence-corrected chi connectivity index (χ0v) is 17.0. The number of aryl methyl sites for hydroxylation is 1. The molecule has 1 amide bonds. The van der Waals surface area contributed by atoms with Gasteiger partial charge in [-0.2, -0.15) is 0 Å². The van der Waals surface area contributed by atoms with Gasteiger partial charge in [-0.1, -0.05) is 12.1 Å². The quantitative estimate of drug-likeness (QED) is 0.697. The van der Waals surface area contributed by atoms with E-state index in [1.165, 1.54) is 0 Å². The zero-order chi connectivity index (χ0) is 20.2. The van der Waals surface area contributed by atoms with Crippen molar-refractivity contribution in [3.8, 4) is 5.75 Å². The monoisotopic (exact) mass is 393 g/mol. The van der Waals surface area contributed by atoms with Crippen LogP contribution in [0.5, 0.6) is 5.75 Å². The average molecular weight is 393 g/mol. The molecule has 1 aliphatic heterocycles. The molecule has 0 aliphatic carbocycles. The number of amides is 1. The minimum atomic E-state index is 0.0129. The summed E-state index contributed by atoms with van der Waals surface area (Å²) in [5.74, 6) is 1.87. The van der Waals surface area contributed by atoms with Gasteiger partial charge in [-0.25, -0.2) is 4.98 Å². The molecule has 3 aromatic rings. The van der Waals surface area contributed by atoms with E-state index in [4.69, 9.17) is 9.72 Å². The van der Waals surface area contributed by atoms with Crippen LogP contribution in [-0.4, -0.2) is 65.1 Å². The molecule has 0 bridgehead atoms. The van der Waals surface area contributed by atoms with Crippen LogP contribution in [0.2, 0.25) is 0 Å². The number of para-hydroxylation sites is 2. The Morgan fingerprint density at radius 3 is 2.41 bits per heavy atom. The first-order chi connectivity index (χ1) is 14.1. The number of ether oxygens (including phenoxy) is 1. The molecular formula is C22H27N5O2. The van der Waals surface area contributed by atoms with Crippen molar-refractivity contribution in [3.05, 3.63) is 54.4 Å². The van der Waals surface area contributed by atoms with Crippen LogP contribution in [0.1, 0.15) is 5.82 Å². The van der Waals surface area contributed by atoms with Gasteiger partial charge in [0.2, 0.25) is 5.91 Å². The standard InChI is InChI=1S/C22H27N5O2/c1-25-20-6-4-3-5-19(20)24-21(25)15-26-11-13-27(14-12-26)16-22(28)23-17-7-9-18(29-2)10-8-17/h3-10H,11-16H2,1-2H3,(H,23,28). The maximum atomic E-state index is 12.3. The Kier molecular flexibility index (Phi) is 5.78. The van der Waals surface area contributed by atoms with E-state index in [1.807, 2.05) is 36.4 Å². The second kappa shape index (κ2) is 8.63. The van der Waals surface area contributed by atoms with Crippen LogP contribution >= 0.6 is 0 Å². The molecule has 0 spiro atoms. The molecule has 7 heteroatoms. The number of imidazole rings is 1. The second-order valence-electron chi connectivity index (χ2n) is 7.40. The number of carbonyl (C=O) groups is 1.